The Balaban J connectivity index is 1.77. The highest BCUT2D eigenvalue weighted by molar-refractivity contribution is 5.31. The maximum absolute atomic E-state index is 5.49. The molecule has 3 rings (SSSR count). The fraction of sp³-hybridized carbons (Fsp3) is 0.500. The monoisotopic (exact) mass is 302 g/mol. The van der Waals surface area contributed by atoms with Gasteiger partial charge in [-0.2, -0.15) is 4.98 Å². The molecular formula is C16H22N4O2. The minimum absolute atomic E-state index is 0.0639. The third-order valence-electron chi connectivity index (χ3n) is 4.25. The first-order chi connectivity index (χ1) is 10.7. The van der Waals surface area contributed by atoms with E-state index in [9.17, 15) is 0 Å². The van der Waals surface area contributed by atoms with Crippen LogP contribution in [0.15, 0.2) is 28.8 Å². The zero-order chi connectivity index (χ0) is 15.5. The Labute approximate surface area is 130 Å². The van der Waals surface area contributed by atoms with Crippen LogP contribution in [0, 0.1) is 0 Å². The van der Waals surface area contributed by atoms with Crippen LogP contribution in [-0.2, 0) is 0 Å². The molecule has 2 atom stereocenters. The highest BCUT2D eigenvalue weighted by atomic mass is 16.5. The topological polar surface area (TPSA) is 63.4 Å². The molecule has 2 aromatic rings. The molecule has 1 N–H and O–H groups in total. The number of methoxy groups -OCH3 is 1. The molecule has 0 aliphatic carbocycles. The van der Waals surface area contributed by atoms with Gasteiger partial charge in [-0.25, -0.2) is 0 Å². The second-order valence-corrected chi connectivity index (χ2v) is 5.69. The number of hydrogen-bond donors (Lipinski definition) is 1. The highest BCUT2D eigenvalue weighted by Crippen LogP contribution is 2.26. The van der Waals surface area contributed by atoms with Crippen LogP contribution in [-0.4, -0.2) is 48.8 Å². The number of nitrogens with zero attached hydrogens (tertiary/aromatic N) is 3. The summed E-state index contributed by atoms with van der Waals surface area (Å²) in [4.78, 5) is 6.87. The molecule has 2 unspecified atom stereocenters. The van der Waals surface area contributed by atoms with Gasteiger partial charge in [0, 0.05) is 19.6 Å². The lowest BCUT2D eigenvalue weighted by molar-refractivity contribution is 0.190. The van der Waals surface area contributed by atoms with Crippen LogP contribution in [0.2, 0.25) is 0 Å². The van der Waals surface area contributed by atoms with E-state index < -0.39 is 0 Å². The SMILES string of the molecule is COc1ccc(C(C)c2nc(C3CNCCN3C)no2)cc1. The molecule has 2 heterocycles. The van der Waals surface area contributed by atoms with E-state index in [0.717, 1.165) is 36.8 Å². The van der Waals surface area contributed by atoms with Crippen LogP contribution in [0.25, 0.3) is 0 Å². The van der Waals surface area contributed by atoms with Crippen molar-refractivity contribution >= 4 is 0 Å². The predicted molar refractivity (Wildman–Crippen MR) is 83.0 cm³/mol. The molecule has 1 aliphatic heterocycles. The summed E-state index contributed by atoms with van der Waals surface area (Å²) in [6.45, 7) is 4.91. The normalized spacial score (nSPS) is 20.8. The summed E-state index contributed by atoms with van der Waals surface area (Å²) in [6.07, 6.45) is 0. The van der Waals surface area contributed by atoms with E-state index in [0.29, 0.717) is 5.89 Å². The van der Waals surface area contributed by atoms with E-state index in [1.165, 1.54) is 0 Å². The summed E-state index contributed by atoms with van der Waals surface area (Å²) >= 11 is 0. The predicted octanol–water partition coefficient (Wildman–Crippen LogP) is 1.81. The maximum atomic E-state index is 5.49. The third-order valence-corrected chi connectivity index (χ3v) is 4.25. The molecule has 6 heteroatoms. The molecule has 22 heavy (non-hydrogen) atoms. The van der Waals surface area contributed by atoms with Crippen LogP contribution in [0.1, 0.15) is 36.2 Å². The lowest BCUT2D eigenvalue weighted by Crippen LogP contribution is -2.44. The highest BCUT2D eigenvalue weighted by Gasteiger charge is 2.26. The second kappa shape index (κ2) is 6.46. The van der Waals surface area contributed by atoms with Crippen molar-refractivity contribution in [3.63, 3.8) is 0 Å². The van der Waals surface area contributed by atoms with E-state index in [2.05, 4.69) is 34.3 Å². The average molecular weight is 302 g/mol. The van der Waals surface area contributed by atoms with Gasteiger partial charge in [0.2, 0.25) is 5.89 Å². The van der Waals surface area contributed by atoms with E-state index >= 15 is 0 Å². The Morgan fingerprint density at radius 2 is 2.14 bits per heavy atom. The standard InChI is InChI=1S/C16H22N4O2/c1-11(12-4-6-13(21-3)7-5-12)16-18-15(19-22-16)14-10-17-8-9-20(14)2/h4-7,11,14,17H,8-10H2,1-3H3. The molecule has 0 amide bonds. The molecule has 1 fully saturated rings. The van der Waals surface area contributed by atoms with Gasteiger partial charge in [0.15, 0.2) is 5.82 Å². The number of nitrogens with one attached hydrogen (secondary N) is 1. The number of benzene rings is 1. The quantitative estimate of drug-likeness (QED) is 0.929. The van der Waals surface area contributed by atoms with E-state index in [1.54, 1.807) is 7.11 Å². The van der Waals surface area contributed by atoms with Gasteiger partial charge in [-0.05, 0) is 31.7 Å². The lowest BCUT2D eigenvalue weighted by atomic mass is 10.0. The van der Waals surface area contributed by atoms with Crippen LogP contribution >= 0.6 is 0 Å². The number of aromatic nitrogens is 2. The van der Waals surface area contributed by atoms with Crippen molar-refractivity contribution in [3.8, 4) is 5.75 Å². The summed E-state index contributed by atoms with van der Waals surface area (Å²) in [5.74, 6) is 2.32. The molecule has 0 radical (unpaired) electrons. The number of piperazine rings is 1. The number of likely N-dealkylation sites (N-methyl/N-ethyl adjacent to an activating group) is 1. The first-order valence-electron chi connectivity index (χ1n) is 7.57. The minimum Gasteiger partial charge on any atom is -0.497 e. The van der Waals surface area contributed by atoms with Crippen molar-refractivity contribution in [2.45, 2.75) is 18.9 Å². The number of rotatable bonds is 4. The maximum Gasteiger partial charge on any atom is 0.233 e. The minimum atomic E-state index is 0.0639. The number of hydrogen-bond acceptors (Lipinski definition) is 6. The summed E-state index contributed by atoms with van der Waals surface area (Å²) < 4.78 is 10.7. The van der Waals surface area contributed by atoms with Gasteiger partial charge in [-0.15, -0.1) is 0 Å². The summed E-state index contributed by atoms with van der Waals surface area (Å²) in [5, 5.41) is 7.55. The molecule has 6 nitrogen and oxygen atoms in total. The van der Waals surface area contributed by atoms with Gasteiger partial charge in [-0.3, -0.25) is 4.90 Å². The van der Waals surface area contributed by atoms with Gasteiger partial charge < -0.3 is 14.6 Å². The molecule has 0 bridgehead atoms. The van der Waals surface area contributed by atoms with Gasteiger partial charge >= 0.3 is 0 Å². The fourth-order valence-corrected chi connectivity index (χ4v) is 2.69. The fourth-order valence-electron chi connectivity index (χ4n) is 2.69. The van der Waals surface area contributed by atoms with Crippen molar-refractivity contribution in [1.82, 2.24) is 20.4 Å². The molecule has 1 saturated heterocycles. The van der Waals surface area contributed by atoms with Crippen molar-refractivity contribution in [2.24, 2.45) is 0 Å². The Bertz CT molecular complexity index is 611. The molecule has 1 aliphatic rings. The van der Waals surface area contributed by atoms with Crippen molar-refractivity contribution in [1.29, 1.82) is 0 Å². The average Bonchev–Trinajstić information content (AvgIpc) is 3.04. The number of ether oxygens (including phenoxy) is 1. The summed E-state index contributed by atoms with van der Waals surface area (Å²) in [7, 11) is 3.76. The Hall–Kier alpha value is -1.92. The largest absolute Gasteiger partial charge is 0.497 e. The van der Waals surface area contributed by atoms with E-state index in [-0.39, 0.29) is 12.0 Å². The first-order valence-corrected chi connectivity index (χ1v) is 7.57. The molecule has 118 valence electrons. The Morgan fingerprint density at radius 3 is 2.82 bits per heavy atom. The van der Waals surface area contributed by atoms with Crippen molar-refractivity contribution < 1.29 is 9.26 Å². The molecule has 0 saturated carbocycles. The van der Waals surface area contributed by atoms with Crippen LogP contribution in [0.5, 0.6) is 5.75 Å². The molecule has 1 aromatic heterocycles. The van der Waals surface area contributed by atoms with Crippen LogP contribution in [0.4, 0.5) is 0 Å². The third kappa shape index (κ3) is 2.98. The molecular weight excluding hydrogens is 280 g/mol. The molecule has 0 spiro atoms. The zero-order valence-electron chi connectivity index (χ0n) is 13.2. The van der Waals surface area contributed by atoms with Gasteiger partial charge in [0.25, 0.3) is 0 Å². The molecule has 1 aromatic carbocycles. The van der Waals surface area contributed by atoms with Gasteiger partial charge in [-0.1, -0.05) is 17.3 Å². The van der Waals surface area contributed by atoms with Crippen LogP contribution in [0.3, 0.4) is 0 Å². The Kier molecular flexibility index (Phi) is 4.40. The van der Waals surface area contributed by atoms with Crippen molar-refractivity contribution in [3.05, 3.63) is 41.5 Å². The van der Waals surface area contributed by atoms with E-state index in [4.69, 9.17) is 9.26 Å². The first kappa shape index (κ1) is 15.0. The van der Waals surface area contributed by atoms with E-state index in [1.807, 2.05) is 24.3 Å². The van der Waals surface area contributed by atoms with Gasteiger partial charge in [0.1, 0.15) is 5.75 Å². The summed E-state index contributed by atoms with van der Waals surface area (Å²) in [5.41, 5.74) is 1.13. The van der Waals surface area contributed by atoms with Gasteiger partial charge in [0.05, 0.1) is 19.1 Å². The lowest BCUT2D eigenvalue weighted by Gasteiger charge is -2.30. The smallest absolute Gasteiger partial charge is 0.233 e. The summed E-state index contributed by atoms with van der Waals surface area (Å²) in [6, 6.07) is 8.13. The Morgan fingerprint density at radius 1 is 1.36 bits per heavy atom. The van der Waals surface area contributed by atoms with Crippen LogP contribution < -0.4 is 10.1 Å². The second-order valence-electron chi connectivity index (χ2n) is 5.69. The van der Waals surface area contributed by atoms with Crippen molar-refractivity contribution in [2.75, 3.05) is 33.8 Å². The zero-order valence-corrected chi connectivity index (χ0v) is 13.2.